The van der Waals surface area contributed by atoms with Crippen molar-refractivity contribution in [3.8, 4) is 0 Å². The summed E-state index contributed by atoms with van der Waals surface area (Å²) < 4.78 is 1.88. The monoisotopic (exact) mass is 359 g/mol. The highest BCUT2D eigenvalue weighted by Crippen LogP contribution is 2.24. The molecule has 0 fully saturated rings. The summed E-state index contributed by atoms with van der Waals surface area (Å²) in [6.07, 6.45) is 3.55. The Kier molecular flexibility index (Phi) is 4.88. The number of nitrogens with zero attached hydrogens (tertiary/aromatic N) is 2. The highest BCUT2D eigenvalue weighted by Gasteiger charge is 2.21. The van der Waals surface area contributed by atoms with Gasteiger partial charge in [-0.15, -0.1) is 0 Å². The molecule has 0 radical (unpaired) electrons. The van der Waals surface area contributed by atoms with Crippen LogP contribution >= 0.6 is 23.2 Å². The second kappa shape index (κ2) is 7.07. The number of nitrogens with one attached hydrogen (secondary N) is 1. The van der Waals surface area contributed by atoms with Crippen LogP contribution in [0.5, 0.6) is 0 Å². The Labute approximate surface area is 150 Å². The Hall–Kier alpha value is -2.30. The summed E-state index contributed by atoms with van der Waals surface area (Å²) in [5, 5.41) is 3.77. The van der Waals surface area contributed by atoms with Gasteiger partial charge in [0, 0.05) is 25.0 Å². The summed E-state index contributed by atoms with van der Waals surface area (Å²) in [6.45, 7) is 0. The van der Waals surface area contributed by atoms with Gasteiger partial charge in [-0.25, -0.2) is 4.98 Å². The van der Waals surface area contributed by atoms with Crippen LogP contribution < -0.4 is 5.32 Å². The summed E-state index contributed by atoms with van der Waals surface area (Å²) in [5.74, 6) is 0.500. The van der Waals surface area contributed by atoms with Crippen LogP contribution in [0.25, 0.3) is 0 Å². The lowest BCUT2D eigenvalue weighted by atomic mass is 10.1. The van der Waals surface area contributed by atoms with E-state index in [1.165, 1.54) is 0 Å². The molecule has 24 heavy (non-hydrogen) atoms. The summed E-state index contributed by atoms with van der Waals surface area (Å²) in [7, 11) is 1.89. The van der Waals surface area contributed by atoms with Gasteiger partial charge in [0.1, 0.15) is 11.9 Å². The van der Waals surface area contributed by atoms with Crippen molar-refractivity contribution >= 4 is 29.1 Å². The fraction of sp³-hybridized carbons (Fsp3) is 0.111. The SMILES string of the molecule is Cn1ccnc1C(NC(=O)c1ccc(Cl)c(Cl)c1)c1ccccc1. The zero-order valence-electron chi connectivity index (χ0n) is 12.9. The van der Waals surface area contributed by atoms with Gasteiger partial charge in [-0.1, -0.05) is 53.5 Å². The maximum atomic E-state index is 12.6. The number of amides is 1. The van der Waals surface area contributed by atoms with Gasteiger partial charge in [0.25, 0.3) is 5.91 Å². The van der Waals surface area contributed by atoms with Crippen molar-refractivity contribution in [2.45, 2.75) is 6.04 Å². The van der Waals surface area contributed by atoms with Gasteiger partial charge in [0.05, 0.1) is 10.0 Å². The first-order chi connectivity index (χ1) is 11.6. The molecule has 3 aromatic rings. The van der Waals surface area contributed by atoms with Crippen molar-refractivity contribution in [3.63, 3.8) is 0 Å². The average molecular weight is 360 g/mol. The van der Waals surface area contributed by atoms with Crippen LogP contribution in [-0.4, -0.2) is 15.5 Å². The van der Waals surface area contributed by atoms with E-state index in [1.54, 1.807) is 24.4 Å². The molecular weight excluding hydrogens is 345 g/mol. The Bertz CT molecular complexity index is 862. The van der Waals surface area contributed by atoms with Crippen LogP contribution in [0.3, 0.4) is 0 Å². The normalized spacial score (nSPS) is 12.0. The van der Waals surface area contributed by atoms with E-state index in [-0.39, 0.29) is 11.9 Å². The second-order valence-electron chi connectivity index (χ2n) is 5.34. The first-order valence-corrected chi connectivity index (χ1v) is 8.10. The largest absolute Gasteiger partial charge is 0.338 e. The summed E-state index contributed by atoms with van der Waals surface area (Å²) >= 11 is 11.9. The first-order valence-electron chi connectivity index (χ1n) is 7.34. The van der Waals surface area contributed by atoms with Crippen molar-refractivity contribution in [3.05, 3.63) is 87.9 Å². The zero-order valence-corrected chi connectivity index (χ0v) is 14.4. The molecular formula is C18H15Cl2N3O. The Balaban J connectivity index is 1.93. The van der Waals surface area contributed by atoms with Gasteiger partial charge in [-0.2, -0.15) is 0 Å². The minimum atomic E-state index is -0.367. The van der Waals surface area contributed by atoms with Gasteiger partial charge in [-0.3, -0.25) is 4.79 Å². The van der Waals surface area contributed by atoms with E-state index < -0.39 is 0 Å². The molecule has 1 atom stereocenters. The number of aromatic nitrogens is 2. The third-order valence-corrected chi connectivity index (χ3v) is 4.45. The van der Waals surface area contributed by atoms with E-state index in [9.17, 15) is 4.79 Å². The van der Waals surface area contributed by atoms with Gasteiger partial charge in [-0.05, 0) is 23.8 Å². The molecule has 1 amide bonds. The standard InChI is InChI=1S/C18H15Cl2N3O/c1-23-10-9-21-17(23)16(12-5-3-2-4-6-12)22-18(24)13-7-8-14(19)15(20)11-13/h2-11,16H,1H3,(H,22,24). The fourth-order valence-corrected chi connectivity index (χ4v) is 2.75. The van der Waals surface area contributed by atoms with Crippen molar-refractivity contribution in [1.82, 2.24) is 14.9 Å². The molecule has 1 unspecified atom stereocenters. The highest BCUT2D eigenvalue weighted by molar-refractivity contribution is 6.42. The number of aryl methyl sites for hydroxylation is 1. The van der Waals surface area contributed by atoms with Crippen molar-refractivity contribution < 1.29 is 4.79 Å². The number of hydrogen-bond donors (Lipinski definition) is 1. The molecule has 0 aliphatic heterocycles. The predicted octanol–water partition coefficient (Wildman–Crippen LogP) is 4.25. The summed E-state index contributed by atoms with van der Waals surface area (Å²) in [6, 6.07) is 14.1. The van der Waals surface area contributed by atoms with E-state index in [4.69, 9.17) is 23.2 Å². The predicted molar refractivity (Wildman–Crippen MR) is 95.4 cm³/mol. The molecule has 1 aromatic heterocycles. The van der Waals surface area contributed by atoms with Crippen LogP contribution in [-0.2, 0) is 7.05 Å². The molecule has 4 nitrogen and oxygen atoms in total. The number of carbonyl (C=O) groups excluding carboxylic acids is 1. The number of rotatable bonds is 4. The second-order valence-corrected chi connectivity index (χ2v) is 6.16. The van der Waals surface area contributed by atoms with Crippen molar-refractivity contribution in [2.24, 2.45) is 7.05 Å². The lowest BCUT2D eigenvalue weighted by Gasteiger charge is -2.19. The minimum Gasteiger partial charge on any atom is -0.338 e. The minimum absolute atomic E-state index is 0.245. The van der Waals surface area contributed by atoms with Gasteiger partial charge in [0.15, 0.2) is 0 Å². The van der Waals surface area contributed by atoms with E-state index in [0.717, 1.165) is 11.4 Å². The quantitative estimate of drug-likeness (QED) is 0.756. The molecule has 0 saturated heterocycles. The molecule has 1 N–H and O–H groups in total. The van der Waals surface area contributed by atoms with Crippen LogP contribution in [0.2, 0.25) is 10.0 Å². The molecule has 122 valence electrons. The van der Waals surface area contributed by atoms with E-state index in [2.05, 4.69) is 10.3 Å². The van der Waals surface area contributed by atoms with Gasteiger partial charge in [0.2, 0.25) is 0 Å². The number of halogens is 2. The number of benzene rings is 2. The van der Waals surface area contributed by atoms with Crippen LogP contribution in [0.1, 0.15) is 27.8 Å². The molecule has 1 heterocycles. The topological polar surface area (TPSA) is 46.9 Å². The highest BCUT2D eigenvalue weighted by atomic mass is 35.5. The third kappa shape index (κ3) is 3.45. The van der Waals surface area contributed by atoms with Gasteiger partial charge < -0.3 is 9.88 Å². The van der Waals surface area contributed by atoms with Gasteiger partial charge >= 0.3 is 0 Å². The summed E-state index contributed by atoms with van der Waals surface area (Å²) in [5.41, 5.74) is 1.39. The van der Waals surface area contributed by atoms with E-state index in [1.807, 2.05) is 48.1 Å². The molecule has 0 aliphatic carbocycles. The van der Waals surface area contributed by atoms with E-state index >= 15 is 0 Å². The van der Waals surface area contributed by atoms with Crippen molar-refractivity contribution in [2.75, 3.05) is 0 Å². The Morgan fingerprint density at radius 3 is 2.50 bits per heavy atom. The Morgan fingerprint density at radius 2 is 1.88 bits per heavy atom. The zero-order chi connectivity index (χ0) is 17.1. The maximum absolute atomic E-state index is 12.6. The number of imidazole rings is 1. The molecule has 6 heteroatoms. The average Bonchev–Trinajstić information content (AvgIpc) is 3.01. The summed E-state index contributed by atoms with van der Waals surface area (Å²) in [4.78, 5) is 17.0. The van der Waals surface area contributed by atoms with E-state index in [0.29, 0.717) is 15.6 Å². The number of hydrogen-bond acceptors (Lipinski definition) is 2. The number of carbonyl (C=O) groups is 1. The molecule has 0 aliphatic rings. The first kappa shape index (κ1) is 16.6. The Morgan fingerprint density at radius 1 is 1.12 bits per heavy atom. The lowest BCUT2D eigenvalue weighted by Crippen LogP contribution is -2.31. The smallest absolute Gasteiger partial charge is 0.252 e. The van der Waals surface area contributed by atoms with Crippen LogP contribution in [0, 0.1) is 0 Å². The van der Waals surface area contributed by atoms with Crippen LogP contribution in [0.15, 0.2) is 60.9 Å². The maximum Gasteiger partial charge on any atom is 0.252 e. The molecule has 2 aromatic carbocycles. The molecule has 3 rings (SSSR count). The molecule has 0 saturated carbocycles. The molecule has 0 bridgehead atoms. The van der Waals surface area contributed by atoms with Crippen molar-refractivity contribution in [1.29, 1.82) is 0 Å². The molecule has 0 spiro atoms. The lowest BCUT2D eigenvalue weighted by molar-refractivity contribution is 0.0941. The third-order valence-electron chi connectivity index (χ3n) is 3.71. The fourth-order valence-electron chi connectivity index (χ4n) is 2.45. The van der Waals surface area contributed by atoms with Crippen LogP contribution in [0.4, 0.5) is 0 Å².